The smallest absolute Gasteiger partial charge is 0.341 e. The molecule has 0 N–H and O–H groups in total. The summed E-state index contributed by atoms with van der Waals surface area (Å²) in [4.78, 5) is 60.1. The largest absolute Gasteiger partial charge is 0.462 e. The van der Waals surface area contributed by atoms with Crippen LogP contribution in [0.1, 0.15) is 52.2 Å². The van der Waals surface area contributed by atoms with Gasteiger partial charge in [0, 0.05) is 17.0 Å². The van der Waals surface area contributed by atoms with Crippen LogP contribution in [0.15, 0.2) is 54.6 Å². The quantitative estimate of drug-likeness (QED) is 0.188. The van der Waals surface area contributed by atoms with Gasteiger partial charge in [0.2, 0.25) is 5.91 Å². The highest BCUT2D eigenvalue weighted by molar-refractivity contribution is 7.17. The van der Waals surface area contributed by atoms with E-state index in [2.05, 4.69) is 0 Å². The van der Waals surface area contributed by atoms with Crippen LogP contribution in [0.3, 0.4) is 0 Å². The van der Waals surface area contributed by atoms with E-state index in [9.17, 15) is 24.5 Å². The van der Waals surface area contributed by atoms with Crippen LogP contribution >= 0.6 is 11.3 Å². The van der Waals surface area contributed by atoms with E-state index in [1.165, 1.54) is 28.5 Å². The maximum atomic E-state index is 14.1. The van der Waals surface area contributed by atoms with Gasteiger partial charge in [0.1, 0.15) is 10.9 Å². The number of nitro benzene ring substituents is 1. The molecule has 3 atom stereocenters. The number of carbonyl (C=O) groups is 3. The van der Waals surface area contributed by atoms with E-state index in [1.807, 2.05) is 18.2 Å². The number of rotatable bonds is 6. The van der Waals surface area contributed by atoms with Crippen molar-refractivity contribution in [1.29, 1.82) is 0 Å². The predicted molar refractivity (Wildman–Crippen MR) is 143 cm³/mol. The second-order valence-electron chi connectivity index (χ2n) is 9.63. The number of para-hydroxylation sites is 1. The minimum absolute atomic E-state index is 0.0841. The first-order valence-corrected chi connectivity index (χ1v) is 13.7. The molecule has 2 aliphatic heterocycles. The number of benzene rings is 2. The van der Waals surface area contributed by atoms with Gasteiger partial charge in [-0.25, -0.2) is 14.8 Å². The molecule has 0 saturated carbocycles. The lowest BCUT2D eigenvalue weighted by Gasteiger charge is -2.28. The average molecular weight is 548 g/mol. The molecule has 0 radical (unpaired) electrons. The lowest BCUT2D eigenvalue weighted by Crippen LogP contribution is -2.37. The van der Waals surface area contributed by atoms with Crippen molar-refractivity contribution in [3.05, 3.63) is 86.3 Å². The first kappa shape index (κ1) is 25.2. The van der Waals surface area contributed by atoms with Crippen molar-refractivity contribution in [2.45, 2.75) is 44.8 Å². The fraction of sp³-hybridized carbons (Fsp3) is 0.321. The summed E-state index contributed by atoms with van der Waals surface area (Å²) in [5.41, 5.74) is 2.30. The number of nitro groups is 1. The molecule has 10 nitrogen and oxygen atoms in total. The number of hydroxylamine groups is 1. The fourth-order valence-corrected chi connectivity index (χ4v) is 7.06. The molecule has 6 rings (SSSR count). The van der Waals surface area contributed by atoms with Crippen molar-refractivity contribution in [2.75, 3.05) is 16.6 Å². The molecule has 200 valence electrons. The highest BCUT2D eigenvalue weighted by atomic mass is 32.1. The van der Waals surface area contributed by atoms with Gasteiger partial charge in [0.05, 0.1) is 28.8 Å². The number of imide groups is 1. The normalized spacial score (nSPS) is 22.1. The van der Waals surface area contributed by atoms with Gasteiger partial charge in [0.25, 0.3) is 11.6 Å². The van der Waals surface area contributed by atoms with Gasteiger partial charge < -0.3 is 4.74 Å². The lowest BCUT2D eigenvalue weighted by molar-refractivity contribution is -0.384. The SMILES string of the molecule is CCOC(=O)c1c(N2C(=O)[C@H]3[C@H](ON(c4ccccc4)[C@H]3c3ccc([N+](=O)[O-])cc3)C2=O)sc2c1CCCC2. The molecule has 3 aromatic rings. The van der Waals surface area contributed by atoms with Crippen LogP contribution in [0.2, 0.25) is 0 Å². The van der Waals surface area contributed by atoms with Crippen LogP contribution in [0.4, 0.5) is 16.4 Å². The molecule has 2 amide bonds. The monoisotopic (exact) mass is 547 g/mol. The Balaban J connectivity index is 1.43. The van der Waals surface area contributed by atoms with Crippen LogP contribution in [0.25, 0.3) is 0 Å². The fourth-order valence-electron chi connectivity index (χ4n) is 5.67. The maximum Gasteiger partial charge on any atom is 0.341 e. The number of esters is 1. The third kappa shape index (κ3) is 4.09. The molecule has 0 bridgehead atoms. The number of amides is 2. The summed E-state index contributed by atoms with van der Waals surface area (Å²) < 4.78 is 5.34. The standard InChI is InChI=1S/C28H25N3O7S/c1-2-37-28(34)21-19-10-6-7-11-20(19)39-27(21)29-25(32)22-23(16-12-14-18(15-13-16)31(35)36)30(38-24(22)26(29)33)17-8-4-3-5-9-17/h3-5,8-9,12-15,22-24H,2,6-7,10-11H2,1H3/t22-,23+,24+/m1/s1. The Bertz CT molecular complexity index is 1470. The molecule has 39 heavy (non-hydrogen) atoms. The van der Waals surface area contributed by atoms with Crippen molar-refractivity contribution in [3.8, 4) is 0 Å². The number of non-ortho nitro benzene ring substituents is 1. The molecule has 0 spiro atoms. The molecule has 2 aromatic carbocycles. The van der Waals surface area contributed by atoms with Gasteiger partial charge in [-0.3, -0.25) is 24.5 Å². The zero-order chi connectivity index (χ0) is 27.3. The number of ether oxygens (including phenoxy) is 1. The van der Waals surface area contributed by atoms with Crippen LogP contribution < -0.4 is 9.96 Å². The first-order valence-electron chi connectivity index (χ1n) is 12.9. The Morgan fingerprint density at radius 3 is 2.49 bits per heavy atom. The van der Waals surface area contributed by atoms with E-state index in [0.29, 0.717) is 28.2 Å². The average Bonchev–Trinajstić information content (AvgIpc) is 3.59. The molecule has 2 fully saturated rings. The number of hydrogen-bond acceptors (Lipinski definition) is 9. The van der Waals surface area contributed by atoms with Crippen molar-refractivity contribution in [2.24, 2.45) is 5.92 Å². The third-order valence-electron chi connectivity index (χ3n) is 7.41. The third-order valence-corrected chi connectivity index (χ3v) is 8.68. The molecule has 0 unspecified atom stereocenters. The Labute approximate surface area is 227 Å². The van der Waals surface area contributed by atoms with Crippen molar-refractivity contribution >= 4 is 45.5 Å². The molecule has 3 heterocycles. The summed E-state index contributed by atoms with van der Waals surface area (Å²) >= 11 is 1.30. The zero-order valence-electron chi connectivity index (χ0n) is 21.1. The number of anilines is 2. The number of fused-ring (bicyclic) bond motifs is 2. The summed E-state index contributed by atoms with van der Waals surface area (Å²) in [5, 5.41) is 13.1. The van der Waals surface area contributed by atoms with E-state index in [0.717, 1.165) is 34.6 Å². The highest BCUT2D eigenvalue weighted by Gasteiger charge is 2.61. The summed E-state index contributed by atoms with van der Waals surface area (Å²) in [6.45, 7) is 1.89. The Morgan fingerprint density at radius 2 is 1.79 bits per heavy atom. The van der Waals surface area contributed by atoms with E-state index in [-0.39, 0.29) is 12.3 Å². The van der Waals surface area contributed by atoms with E-state index in [4.69, 9.17) is 9.57 Å². The minimum atomic E-state index is -1.12. The number of thiophene rings is 1. The van der Waals surface area contributed by atoms with Crippen LogP contribution in [0.5, 0.6) is 0 Å². The number of nitrogens with zero attached hydrogens (tertiary/aromatic N) is 3. The number of aryl methyl sites for hydroxylation is 1. The van der Waals surface area contributed by atoms with Crippen molar-refractivity contribution < 1.29 is 28.9 Å². The van der Waals surface area contributed by atoms with Crippen molar-refractivity contribution in [1.82, 2.24) is 0 Å². The summed E-state index contributed by atoms with van der Waals surface area (Å²) in [6.07, 6.45) is 2.23. The number of hydrogen-bond donors (Lipinski definition) is 0. The van der Waals surface area contributed by atoms with Gasteiger partial charge in [-0.2, -0.15) is 0 Å². The summed E-state index contributed by atoms with van der Waals surface area (Å²) in [6, 6.07) is 14.3. The molecular formula is C28H25N3O7S. The molecule has 1 aromatic heterocycles. The van der Waals surface area contributed by atoms with E-state index in [1.54, 1.807) is 31.2 Å². The highest BCUT2D eigenvalue weighted by Crippen LogP contribution is 2.50. The molecular weight excluding hydrogens is 522 g/mol. The van der Waals surface area contributed by atoms with Crippen molar-refractivity contribution in [3.63, 3.8) is 0 Å². The van der Waals surface area contributed by atoms with Gasteiger partial charge >= 0.3 is 5.97 Å². The first-order chi connectivity index (χ1) is 18.9. The summed E-state index contributed by atoms with van der Waals surface area (Å²) in [7, 11) is 0. The lowest BCUT2D eigenvalue weighted by atomic mass is 9.90. The second kappa shape index (κ2) is 9.90. The van der Waals surface area contributed by atoms with Gasteiger partial charge in [0.15, 0.2) is 6.10 Å². The minimum Gasteiger partial charge on any atom is -0.462 e. The van der Waals surface area contributed by atoms with Crippen LogP contribution in [0, 0.1) is 16.0 Å². The summed E-state index contributed by atoms with van der Waals surface area (Å²) in [5.74, 6) is -2.48. The molecule has 11 heteroatoms. The van der Waals surface area contributed by atoms with Crippen LogP contribution in [-0.2, 0) is 32.0 Å². The van der Waals surface area contributed by atoms with E-state index >= 15 is 0 Å². The topological polar surface area (TPSA) is 119 Å². The molecule has 3 aliphatic rings. The van der Waals surface area contributed by atoms with E-state index < -0.39 is 40.8 Å². The van der Waals surface area contributed by atoms with Gasteiger partial charge in [-0.05, 0) is 55.9 Å². The Kier molecular flexibility index (Phi) is 6.40. The second-order valence-corrected chi connectivity index (χ2v) is 10.7. The Hall–Kier alpha value is -4.09. The molecule has 2 saturated heterocycles. The zero-order valence-corrected chi connectivity index (χ0v) is 21.9. The van der Waals surface area contributed by atoms with Gasteiger partial charge in [-0.1, -0.05) is 30.3 Å². The maximum absolute atomic E-state index is 14.1. The predicted octanol–water partition coefficient (Wildman–Crippen LogP) is 4.76. The Morgan fingerprint density at radius 1 is 1.08 bits per heavy atom. The van der Waals surface area contributed by atoms with Crippen LogP contribution in [-0.4, -0.2) is 35.4 Å². The molecule has 1 aliphatic carbocycles. The van der Waals surface area contributed by atoms with Gasteiger partial charge in [-0.15, -0.1) is 11.3 Å². The number of carbonyl (C=O) groups excluding carboxylic acids is 3.